The molecule has 0 fully saturated rings. The van der Waals surface area contributed by atoms with Crippen LogP contribution in [0.2, 0.25) is 0 Å². The van der Waals surface area contributed by atoms with Crippen molar-refractivity contribution in [3.63, 3.8) is 0 Å². The quantitative estimate of drug-likeness (QED) is 0.539. The predicted octanol–water partition coefficient (Wildman–Crippen LogP) is 0.155. The number of carbonyl (C=O) groups is 1. The fourth-order valence-electron chi connectivity index (χ4n) is 1.25. The van der Waals surface area contributed by atoms with E-state index in [-0.39, 0.29) is 0 Å². The highest BCUT2D eigenvalue weighted by Gasteiger charge is 2.22. The molecule has 0 bridgehead atoms. The van der Waals surface area contributed by atoms with Crippen molar-refractivity contribution in [1.82, 2.24) is 15.1 Å². The zero-order chi connectivity index (χ0) is 8.55. The van der Waals surface area contributed by atoms with Crippen LogP contribution in [0.25, 0.3) is 0 Å². The van der Waals surface area contributed by atoms with E-state index in [0.29, 0.717) is 13.2 Å². The van der Waals surface area contributed by atoms with Crippen molar-refractivity contribution in [2.24, 2.45) is 0 Å². The lowest BCUT2D eigenvalue weighted by atomic mass is 10.4. The van der Waals surface area contributed by atoms with Gasteiger partial charge in [-0.1, -0.05) is 0 Å². The van der Waals surface area contributed by atoms with E-state index < -0.39 is 6.09 Å². The van der Waals surface area contributed by atoms with Gasteiger partial charge in [-0.25, -0.2) is 4.79 Å². The Morgan fingerprint density at radius 2 is 2.50 bits per heavy atom. The first-order chi connectivity index (χ1) is 5.77. The van der Waals surface area contributed by atoms with Gasteiger partial charge >= 0.3 is 6.09 Å². The fourth-order valence-corrected chi connectivity index (χ4v) is 1.25. The van der Waals surface area contributed by atoms with Crippen LogP contribution in [0, 0.1) is 0 Å². The number of nitrogens with one attached hydrogen (secondary N) is 1. The van der Waals surface area contributed by atoms with Crippen molar-refractivity contribution >= 4 is 6.09 Å². The number of rotatable bonds is 0. The van der Waals surface area contributed by atoms with Crippen LogP contribution < -0.4 is 5.32 Å². The highest BCUT2D eigenvalue weighted by atomic mass is 16.4. The van der Waals surface area contributed by atoms with Crippen LogP contribution in [-0.4, -0.2) is 34.2 Å². The van der Waals surface area contributed by atoms with E-state index in [1.54, 1.807) is 6.20 Å². The minimum Gasteiger partial charge on any atom is -0.465 e. The van der Waals surface area contributed by atoms with Crippen molar-refractivity contribution in [2.75, 3.05) is 13.2 Å². The monoisotopic (exact) mass is 167 g/mol. The highest BCUT2D eigenvalue weighted by Crippen LogP contribution is 2.14. The topological polar surface area (TPSA) is 55.8 Å². The lowest BCUT2D eigenvalue weighted by Crippen LogP contribution is -2.42. The second-order valence-electron chi connectivity index (χ2n) is 2.67. The summed E-state index contributed by atoms with van der Waals surface area (Å²) >= 11 is 0. The number of carboxylic acid groups (broad SMARTS) is 1. The Kier molecular flexibility index (Phi) is 1.43. The van der Waals surface area contributed by atoms with Crippen LogP contribution in [0.5, 0.6) is 0 Å². The molecule has 1 amide bonds. The van der Waals surface area contributed by atoms with E-state index in [1.165, 1.54) is 4.90 Å². The summed E-state index contributed by atoms with van der Waals surface area (Å²) in [4.78, 5) is 13.7. The summed E-state index contributed by atoms with van der Waals surface area (Å²) in [6.07, 6.45) is 4.57. The van der Waals surface area contributed by atoms with Crippen LogP contribution in [-0.2, 0) is 0 Å². The van der Waals surface area contributed by atoms with E-state index in [4.69, 9.17) is 5.11 Å². The highest BCUT2D eigenvalue weighted by molar-refractivity contribution is 5.65. The van der Waals surface area contributed by atoms with Crippen LogP contribution in [0.15, 0.2) is 24.3 Å². The molecule has 2 heterocycles. The standard InChI is InChI=1S/C7H9N3O2/c11-7(12)10-3-1-6-8-2-4-9(6)5-10/h1-2,4,8H,3,5H2,(H,11,12). The molecule has 5 nitrogen and oxygen atoms in total. The van der Waals surface area contributed by atoms with Gasteiger partial charge in [0.2, 0.25) is 0 Å². The van der Waals surface area contributed by atoms with E-state index in [0.717, 1.165) is 5.82 Å². The van der Waals surface area contributed by atoms with Gasteiger partial charge in [-0.3, -0.25) is 4.90 Å². The molecule has 0 aromatic rings. The second-order valence-corrected chi connectivity index (χ2v) is 2.67. The number of nitrogens with zero attached hydrogens (tertiary/aromatic N) is 2. The molecule has 5 heteroatoms. The zero-order valence-electron chi connectivity index (χ0n) is 6.40. The van der Waals surface area contributed by atoms with Gasteiger partial charge in [0, 0.05) is 18.9 Å². The van der Waals surface area contributed by atoms with E-state index in [9.17, 15) is 4.79 Å². The Morgan fingerprint density at radius 3 is 3.25 bits per heavy atom. The Balaban J connectivity index is 2.12. The third-order valence-electron chi connectivity index (χ3n) is 1.89. The summed E-state index contributed by atoms with van der Waals surface area (Å²) in [6.45, 7) is 0.862. The van der Waals surface area contributed by atoms with Crippen LogP contribution in [0.4, 0.5) is 4.79 Å². The Bertz CT molecular complexity index is 272. The molecular weight excluding hydrogens is 158 g/mol. The van der Waals surface area contributed by atoms with Gasteiger partial charge in [-0.2, -0.15) is 0 Å². The summed E-state index contributed by atoms with van der Waals surface area (Å²) in [5.41, 5.74) is 0. The van der Waals surface area contributed by atoms with Crippen molar-refractivity contribution in [3.8, 4) is 0 Å². The third kappa shape index (κ3) is 0.990. The van der Waals surface area contributed by atoms with E-state index >= 15 is 0 Å². The summed E-state index contributed by atoms with van der Waals surface area (Å²) in [5.74, 6) is 0.965. The molecule has 0 saturated heterocycles. The average molecular weight is 167 g/mol. The van der Waals surface area contributed by atoms with Crippen molar-refractivity contribution in [2.45, 2.75) is 0 Å². The van der Waals surface area contributed by atoms with Gasteiger partial charge in [0.25, 0.3) is 0 Å². The van der Waals surface area contributed by atoms with Crippen LogP contribution >= 0.6 is 0 Å². The molecule has 0 aliphatic carbocycles. The lowest BCUT2D eigenvalue weighted by Gasteiger charge is -2.29. The number of hydrogen-bond acceptors (Lipinski definition) is 3. The maximum atomic E-state index is 10.6. The van der Waals surface area contributed by atoms with Crippen molar-refractivity contribution in [1.29, 1.82) is 0 Å². The smallest absolute Gasteiger partial charge is 0.409 e. The Morgan fingerprint density at radius 1 is 1.67 bits per heavy atom. The normalized spacial score (nSPS) is 20.2. The maximum absolute atomic E-state index is 10.6. The molecule has 0 spiro atoms. The minimum absolute atomic E-state index is 0.407. The van der Waals surface area contributed by atoms with Gasteiger partial charge < -0.3 is 15.3 Å². The second kappa shape index (κ2) is 2.44. The molecule has 2 aliphatic rings. The fraction of sp³-hybridized carbons (Fsp3) is 0.286. The summed E-state index contributed by atoms with van der Waals surface area (Å²) < 4.78 is 0. The maximum Gasteiger partial charge on any atom is 0.409 e. The molecule has 64 valence electrons. The largest absolute Gasteiger partial charge is 0.465 e. The molecule has 2 aliphatic heterocycles. The average Bonchev–Trinajstić information content (AvgIpc) is 2.49. The number of fused-ring (bicyclic) bond motifs is 1. The van der Waals surface area contributed by atoms with Gasteiger partial charge in [0.15, 0.2) is 0 Å². The van der Waals surface area contributed by atoms with E-state index in [2.05, 4.69) is 5.32 Å². The first kappa shape index (κ1) is 7.02. The first-order valence-electron chi connectivity index (χ1n) is 3.65. The summed E-state index contributed by atoms with van der Waals surface area (Å²) in [6, 6.07) is 0. The Hall–Kier alpha value is -1.65. The van der Waals surface area contributed by atoms with Gasteiger partial charge in [0.05, 0.1) is 0 Å². The number of hydrogen-bond donors (Lipinski definition) is 2. The predicted molar refractivity (Wildman–Crippen MR) is 41.8 cm³/mol. The lowest BCUT2D eigenvalue weighted by molar-refractivity contribution is 0.127. The van der Waals surface area contributed by atoms with Crippen LogP contribution in [0.3, 0.4) is 0 Å². The molecule has 2 N–H and O–H groups in total. The minimum atomic E-state index is -0.884. The molecule has 2 rings (SSSR count). The van der Waals surface area contributed by atoms with E-state index in [1.807, 2.05) is 17.2 Å². The molecule has 0 saturated carbocycles. The molecule has 12 heavy (non-hydrogen) atoms. The molecule has 0 radical (unpaired) electrons. The molecule has 0 aromatic heterocycles. The van der Waals surface area contributed by atoms with Gasteiger partial charge in [0.1, 0.15) is 12.5 Å². The first-order valence-corrected chi connectivity index (χ1v) is 3.65. The summed E-state index contributed by atoms with van der Waals surface area (Å²) in [5, 5.41) is 11.7. The third-order valence-corrected chi connectivity index (χ3v) is 1.89. The zero-order valence-corrected chi connectivity index (χ0v) is 6.40. The van der Waals surface area contributed by atoms with Crippen molar-refractivity contribution in [3.05, 3.63) is 24.3 Å². The number of amides is 1. The Labute approximate surface area is 69.6 Å². The molecule has 0 atom stereocenters. The van der Waals surface area contributed by atoms with Crippen LogP contribution in [0.1, 0.15) is 0 Å². The SMILES string of the molecule is O=C(O)N1CC=C2NC=CN2C1. The van der Waals surface area contributed by atoms with Gasteiger partial charge in [-0.05, 0) is 6.08 Å². The molecular formula is C7H9N3O2. The van der Waals surface area contributed by atoms with Gasteiger partial charge in [-0.15, -0.1) is 0 Å². The van der Waals surface area contributed by atoms with Crippen molar-refractivity contribution < 1.29 is 9.90 Å². The summed E-state index contributed by atoms with van der Waals surface area (Å²) in [7, 11) is 0. The molecule has 0 unspecified atom stereocenters. The molecule has 0 aromatic carbocycles.